The van der Waals surface area contributed by atoms with Crippen molar-refractivity contribution < 1.29 is 13.9 Å². The number of nitrogens with one attached hydrogen (secondary N) is 1. The van der Waals surface area contributed by atoms with Crippen LogP contribution in [0.15, 0.2) is 53.1 Å². The Hall–Kier alpha value is -2.01. The van der Waals surface area contributed by atoms with Gasteiger partial charge in [0.2, 0.25) is 0 Å². The van der Waals surface area contributed by atoms with Crippen molar-refractivity contribution in [1.82, 2.24) is 0 Å². The van der Waals surface area contributed by atoms with Crippen LogP contribution in [-0.4, -0.2) is 20.3 Å². The third kappa shape index (κ3) is 9.46. The summed E-state index contributed by atoms with van der Waals surface area (Å²) in [6, 6.07) is 13.6. The van der Waals surface area contributed by atoms with Crippen molar-refractivity contribution in [3.63, 3.8) is 0 Å². The zero-order chi connectivity index (χ0) is 26.6. The lowest BCUT2D eigenvalue weighted by molar-refractivity contribution is 0.0651. The molecule has 1 aromatic carbocycles. The van der Waals surface area contributed by atoms with E-state index in [1.165, 1.54) is 38.5 Å². The van der Waals surface area contributed by atoms with Crippen LogP contribution in [-0.2, 0) is 11.2 Å². The molecule has 1 aromatic heterocycles. The Bertz CT molecular complexity index is 858. The summed E-state index contributed by atoms with van der Waals surface area (Å²) in [7, 11) is -1.78. The summed E-state index contributed by atoms with van der Waals surface area (Å²) in [6.45, 7) is 16.7. The predicted molar refractivity (Wildman–Crippen MR) is 155 cm³/mol. The van der Waals surface area contributed by atoms with Gasteiger partial charge < -0.3 is 9.15 Å². The minimum Gasteiger partial charge on any atom is -0.469 e. The zero-order valence-electron chi connectivity index (χ0n) is 23.9. The Morgan fingerprint density at radius 2 is 1.61 bits per heavy atom. The first-order valence-corrected chi connectivity index (χ1v) is 17.2. The maximum absolute atomic E-state index is 13.0. The molecular formula is C31H51NO3Si. The molecule has 1 N–H and O–H groups in total. The van der Waals surface area contributed by atoms with Gasteiger partial charge in [-0.05, 0) is 53.6 Å². The van der Waals surface area contributed by atoms with E-state index in [4.69, 9.17) is 9.15 Å². The summed E-state index contributed by atoms with van der Waals surface area (Å²) in [6.07, 6.45) is 11.8. The van der Waals surface area contributed by atoms with Crippen molar-refractivity contribution in [1.29, 1.82) is 0 Å². The molecule has 2 rings (SSSR count). The largest absolute Gasteiger partial charge is 0.469 e. The molecule has 0 saturated carbocycles. The smallest absolute Gasteiger partial charge is 0.411 e. The summed E-state index contributed by atoms with van der Waals surface area (Å²) in [4.78, 5) is 13.0. The molecule has 5 heteroatoms. The van der Waals surface area contributed by atoms with E-state index in [2.05, 4.69) is 59.1 Å². The van der Waals surface area contributed by atoms with E-state index >= 15 is 0 Å². The molecule has 0 radical (unpaired) electrons. The fourth-order valence-corrected chi connectivity index (χ4v) is 8.45. The van der Waals surface area contributed by atoms with E-state index in [0.717, 1.165) is 30.7 Å². The zero-order valence-corrected chi connectivity index (χ0v) is 24.9. The summed E-state index contributed by atoms with van der Waals surface area (Å²) >= 11 is 0. The lowest BCUT2D eigenvalue weighted by Crippen LogP contribution is -2.48. The lowest BCUT2D eigenvalue weighted by atomic mass is 9.93. The number of hydrogen-bond donors (Lipinski definition) is 1. The standard InChI is InChI=1S/C31H51NO3Si/c1-8-9-10-11-12-13-17-22-28(35-30(33)32-26-19-15-14-16-20-26)25(2)29(24-27-21-18-23-34-27)36(6,7)31(3,4)5/h14-16,18-21,23,25,28-29H,8-13,17,22,24H2,1-7H3,(H,32,33). The summed E-state index contributed by atoms with van der Waals surface area (Å²) in [5.41, 5.74) is 1.18. The number of unbranched alkanes of at least 4 members (excludes halogenated alkanes) is 6. The average Bonchev–Trinajstić information content (AvgIpc) is 3.34. The minimum absolute atomic E-state index is 0.126. The number of benzene rings is 1. The molecule has 0 aliphatic rings. The van der Waals surface area contributed by atoms with E-state index in [1.807, 2.05) is 36.4 Å². The monoisotopic (exact) mass is 513 g/mol. The Morgan fingerprint density at radius 3 is 2.19 bits per heavy atom. The molecule has 2 aromatic rings. The van der Waals surface area contributed by atoms with Crippen LogP contribution in [0.25, 0.3) is 0 Å². The third-order valence-corrected chi connectivity index (χ3v) is 14.9. The molecular weight excluding hydrogens is 462 g/mol. The maximum Gasteiger partial charge on any atom is 0.411 e. The Kier molecular flexibility index (Phi) is 12.3. The first kappa shape index (κ1) is 30.2. The fourth-order valence-electron chi connectivity index (χ4n) is 5.10. The van der Waals surface area contributed by atoms with E-state index < -0.39 is 8.07 Å². The number of carbonyl (C=O) groups is 1. The molecule has 36 heavy (non-hydrogen) atoms. The number of carbonyl (C=O) groups excluding carboxylic acids is 1. The van der Waals surface area contributed by atoms with Crippen LogP contribution in [0, 0.1) is 5.92 Å². The van der Waals surface area contributed by atoms with E-state index in [1.54, 1.807) is 6.26 Å². The van der Waals surface area contributed by atoms with Crippen LogP contribution in [0.1, 0.15) is 91.7 Å². The molecule has 0 bridgehead atoms. The number of hydrogen-bond acceptors (Lipinski definition) is 3. The van der Waals surface area contributed by atoms with Crippen LogP contribution in [0.2, 0.25) is 23.7 Å². The van der Waals surface area contributed by atoms with Gasteiger partial charge in [0.15, 0.2) is 0 Å². The van der Waals surface area contributed by atoms with Gasteiger partial charge in [0.25, 0.3) is 0 Å². The summed E-state index contributed by atoms with van der Waals surface area (Å²) < 4.78 is 12.0. The average molecular weight is 514 g/mol. The van der Waals surface area contributed by atoms with Crippen molar-refractivity contribution in [3.8, 4) is 0 Å². The maximum atomic E-state index is 13.0. The second-order valence-corrected chi connectivity index (χ2v) is 17.8. The van der Waals surface area contributed by atoms with Crippen LogP contribution in [0.5, 0.6) is 0 Å². The molecule has 3 atom stereocenters. The van der Waals surface area contributed by atoms with Gasteiger partial charge in [-0.2, -0.15) is 0 Å². The molecule has 0 aliphatic carbocycles. The van der Waals surface area contributed by atoms with Crippen molar-refractivity contribution in [2.24, 2.45) is 5.92 Å². The van der Waals surface area contributed by atoms with Crippen LogP contribution < -0.4 is 5.32 Å². The molecule has 0 saturated heterocycles. The van der Waals surface area contributed by atoms with Gasteiger partial charge in [0, 0.05) is 12.1 Å². The lowest BCUT2D eigenvalue weighted by Gasteiger charge is -2.47. The van der Waals surface area contributed by atoms with E-state index in [0.29, 0.717) is 5.54 Å². The fraction of sp³-hybridized carbons (Fsp3) is 0.645. The normalized spacial score (nSPS) is 14.8. The van der Waals surface area contributed by atoms with Crippen molar-refractivity contribution in [3.05, 3.63) is 54.5 Å². The quantitative estimate of drug-likeness (QED) is 0.190. The number of furan rings is 1. The summed E-state index contributed by atoms with van der Waals surface area (Å²) in [5, 5.41) is 3.15. The molecule has 4 nitrogen and oxygen atoms in total. The van der Waals surface area contributed by atoms with Gasteiger partial charge in [-0.15, -0.1) is 0 Å². The summed E-state index contributed by atoms with van der Waals surface area (Å²) in [5.74, 6) is 1.26. The van der Waals surface area contributed by atoms with Gasteiger partial charge in [0.05, 0.1) is 14.3 Å². The van der Waals surface area contributed by atoms with Crippen LogP contribution in [0.4, 0.5) is 10.5 Å². The van der Waals surface area contributed by atoms with Gasteiger partial charge in [-0.25, -0.2) is 4.79 Å². The molecule has 202 valence electrons. The minimum atomic E-state index is -1.78. The number of amides is 1. The molecule has 0 aliphatic heterocycles. The van der Waals surface area contributed by atoms with Crippen molar-refractivity contribution >= 4 is 19.9 Å². The Balaban J connectivity index is 2.18. The van der Waals surface area contributed by atoms with E-state index in [9.17, 15) is 4.79 Å². The van der Waals surface area contributed by atoms with Gasteiger partial charge in [-0.3, -0.25) is 5.32 Å². The highest BCUT2D eigenvalue weighted by Crippen LogP contribution is 2.49. The second kappa shape index (κ2) is 14.7. The van der Waals surface area contributed by atoms with Gasteiger partial charge in [0.1, 0.15) is 11.9 Å². The van der Waals surface area contributed by atoms with E-state index in [-0.39, 0.29) is 23.2 Å². The number of anilines is 1. The number of rotatable bonds is 15. The Morgan fingerprint density at radius 1 is 0.972 bits per heavy atom. The van der Waals surface area contributed by atoms with Gasteiger partial charge >= 0.3 is 6.09 Å². The highest BCUT2D eigenvalue weighted by molar-refractivity contribution is 6.81. The van der Waals surface area contributed by atoms with Crippen LogP contribution >= 0.6 is 0 Å². The first-order valence-electron chi connectivity index (χ1n) is 14.1. The molecule has 1 heterocycles. The number of ether oxygens (including phenoxy) is 1. The van der Waals surface area contributed by atoms with Crippen molar-refractivity contribution in [2.75, 3.05) is 5.32 Å². The van der Waals surface area contributed by atoms with Crippen LogP contribution in [0.3, 0.4) is 0 Å². The highest BCUT2D eigenvalue weighted by Gasteiger charge is 2.46. The highest BCUT2D eigenvalue weighted by atomic mass is 28.3. The molecule has 0 spiro atoms. The molecule has 1 amide bonds. The first-order chi connectivity index (χ1) is 17.1. The SMILES string of the molecule is CCCCCCCCCC(OC(=O)Nc1ccccc1)C(C)C(Cc1ccco1)[Si](C)(C)C(C)(C)C. The van der Waals surface area contributed by atoms with Gasteiger partial charge in [-0.1, -0.05) is 104 Å². The molecule has 0 fully saturated rings. The number of para-hydroxylation sites is 1. The predicted octanol–water partition coefficient (Wildman–Crippen LogP) is 10.1. The third-order valence-electron chi connectivity index (χ3n) is 8.45. The Labute approximate surface area is 221 Å². The molecule has 3 unspecified atom stereocenters. The van der Waals surface area contributed by atoms with Crippen molar-refractivity contribution in [2.45, 2.75) is 122 Å². The second-order valence-electron chi connectivity index (χ2n) is 12.1. The topological polar surface area (TPSA) is 51.5 Å².